The Bertz CT molecular complexity index is 1040. The molecule has 0 spiro atoms. The highest BCUT2D eigenvalue weighted by atomic mass is 31.2. The van der Waals surface area contributed by atoms with Crippen LogP contribution in [-0.2, 0) is 24.9 Å². The predicted octanol–water partition coefficient (Wildman–Crippen LogP) is 2.01. The largest absolute Gasteiger partial charge is 0.406 e. The van der Waals surface area contributed by atoms with Gasteiger partial charge in [-0.05, 0) is 5.56 Å². The van der Waals surface area contributed by atoms with E-state index in [1.807, 2.05) is 30.3 Å². The van der Waals surface area contributed by atoms with Gasteiger partial charge in [0.05, 0.1) is 12.9 Å². The zero-order valence-corrected chi connectivity index (χ0v) is 15.7. The van der Waals surface area contributed by atoms with Gasteiger partial charge in [0.2, 0.25) is 0 Å². The smallest absolute Gasteiger partial charge is 0.382 e. The van der Waals surface area contributed by atoms with Gasteiger partial charge in [0.15, 0.2) is 11.5 Å². The highest BCUT2D eigenvalue weighted by molar-refractivity contribution is 7.51. The van der Waals surface area contributed by atoms with Gasteiger partial charge < -0.3 is 10.5 Å². The monoisotopic (exact) mass is 402 g/mol. The van der Waals surface area contributed by atoms with E-state index in [0.29, 0.717) is 29.9 Å². The maximum Gasteiger partial charge on any atom is 0.406 e. The Morgan fingerprint density at radius 2 is 2.07 bits per heavy atom. The van der Waals surface area contributed by atoms with Gasteiger partial charge in [-0.3, -0.25) is 13.6 Å². The molecule has 2 aliphatic heterocycles. The van der Waals surface area contributed by atoms with E-state index in [4.69, 9.17) is 19.5 Å². The second-order valence-corrected chi connectivity index (χ2v) is 8.49. The highest BCUT2D eigenvalue weighted by Crippen LogP contribution is 2.53. The van der Waals surface area contributed by atoms with Crippen LogP contribution in [0.15, 0.2) is 43.0 Å². The zero-order valence-electron chi connectivity index (χ0n) is 14.8. The number of hydrogen-bond donors (Lipinski definition) is 2. The average molecular weight is 402 g/mol. The topological polar surface area (TPSA) is 126 Å². The van der Waals surface area contributed by atoms with Gasteiger partial charge in [0.1, 0.15) is 30.3 Å². The zero-order chi connectivity index (χ0) is 19.1. The molecule has 0 aliphatic carbocycles. The van der Waals surface area contributed by atoms with Crippen molar-refractivity contribution in [1.29, 1.82) is 0 Å². The standard InChI is InChI=1S/C17H19N6O4P/c18-16-15-17(20-9-19-16)23(10-21-15)14-6-12-13(26-14)8-25-28(24,27-12)22-7-11-4-2-1-3-5-11/h1-5,9-10,12-14H,6-8H2,(H,22,24)(H2,18,19,20)/t12-,13+,14+,28?/m0/s1. The van der Waals surface area contributed by atoms with E-state index in [1.165, 1.54) is 6.33 Å². The van der Waals surface area contributed by atoms with Crippen LogP contribution in [0.2, 0.25) is 0 Å². The van der Waals surface area contributed by atoms with E-state index in [0.717, 1.165) is 5.56 Å². The van der Waals surface area contributed by atoms with Crippen molar-refractivity contribution >= 4 is 24.7 Å². The van der Waals surface area contributed by atoms with Crippen LogP contribution in [0.3, 0.4) is 0 Å². The Hall–Kier alpha value is -2.36. The molecule has 0 amide bonds. The molecule has 2 fully saturated rings. The van der Waals surface area contributed by atoms with Crippen molar-refractivity contribution in [1.82, 2.24) is 24.6 Å². The lowest BCUT2D eigenvalue weighted by Gasteiger charge is -2.30. The summed E-state index contributed by atoms with van der Waals surface area (Å²) in [5.41, 5.74) is 7.95. The molecule has 0 radical (unpaired) electrons. The third-order valence-electron chi connectivity index (χ3n) is 4.88. The summed E-state index contributed by atoms with van der Waals surface area (Å²) in [6, 6.07) is 9.66. The van der Waals surface area contributed by atoms with Crippen molar-refractivity contribution in [3.8, 4) is 0 Å². The Labute approximate surface area is 160 Å². The lowest BCUT2D eigenvalue weighted by atomic mass is 10.2. The summed E-state index contributed by atoms with van der Waals surface area (Å²) in [6.07, 6.45) is 2.47. The molecule has 0 bridgehead atoms. The molecule has 2 saturated heterocycles. The van der Waals surface area contributed by atoms with Gasteiger partial charge in [-0.1, -0.05) is 30.3 Å². The molecule has 146 valence electrons. The molecule has 1 unspecified atom stereocenters. The minimum atomic E-state index is -3.41. The molecule has 4 atom stereocenters. The third-order valence-corrected chi connectivity index (χ3v) is 6.46. The minimum absolute atomic E-state index is 0.185. The molecular formula is C17H19N6O4P. The first-order valence-electron chi connectivity index (χ1n) is 8.92. The lowest BCUT2D eigenvalue weighted by Crippen LogP contribution is -2.35. The number of ether oxygens (including phenoxy) is 1. The number of hydrogen-bond acceptors (Lipinski definition) is 8. The van der Waals surface area contributed by atoms with Crippen molar-refractivity contribution in [2.24, 2.45) is 0 Å². The van der Waals surface area contributed by atoms with E-state index in [-0.39, 0.29) is 25.0 Å². The van der Waals surface area contributed by atoms with E-state index >= 15 is 0 Å². The molecule has 11 heteroatoms. The fourth-order valence-corrected chi connectivity index (χ4v) is 4.98. The van der Waals surface area contributed by atoms with Gasteiger partial charge in [-0.2, -0.15) is 0 Å². The molecule has 5 rings (SSSR count). The van der Waals surface area contributed by atoms with Crippen molar-refractivity contribution < 1.29 is 18.3 Å². The second kappa shape index (κ2) is 6.91. The number of rotatable bonds is 4. The molecule has 10 nitrogen and oxygen atoms in total. The van der Waals surface area contributed by atoms with Crippen LogP contribution < -0.4 is 10.8 Å². The molecule has 1 aromatic carbocycles. The molecular weight excluding hydrogens is 383 g/mol. The molecule has 3 aromatic rings. The maximum absolute atomic E-state index is 12.9. The maximum atomic E-state index is 12.9. The fourth-order valence-electron chi connectivity index (χ4n) is 3.46. The summed E-state index contributed by atoms with van der Waals surface area (Å²) in [5, 5.41) is 2.91. The van der Waals surface area contributed by atoms with E-state index < -0.39 is 7.75 Å². The molecule has 2 aromatic heterocycles. The van der Waals surface area contributed by atoms with Crippen LogP contribution in [0.1, 0.15) is 18.2 Å². The number of aromatic nitrogens is 4. The van der Waals surface area contributed by atoms with E-state index in [2.05, 4.69) is 20.0 Å². The van der Waals surface area contributed by atoms with Crippen molar-refractivity contribution in [2.45, 2.75) is 31.4 Å². The Kier molecular flexibility index (Phi) is 4.37. The summed E-state index contributed by atoms with van der Waals surface area (Å²) in [7, 11) is -3.41. The predicted molar refractivity (Wildman–Crippen MR) is 100.0 cm³/mol. The van der Waals surface area contributed by atoms with Gasteiger partial charge in [-0.15, -0.1) is 0 Å². The van der Waals surface area contributed by atoms with Gasteiger partial charge in [-0.25, -0.2) is 24.6 Å². The number of nitrogens with zero attached hydrogens (tertiary/aromatic N) is 4. The summed E-state index contributed by atoms with van der Waals surface area (Å²) >= 11 is 0. The minimum Gasteiger partial charge on any atom is -0.382 e. The molecule has 3 N–H and O–H groups in total. The summed E-state index contributed by atoms with van der Waals surface area (Å²) in [5.74, 6) is 0.313. The van der Waals surface area contributed by atoms with Crippen LogP contribution in [0.4, 0.5) is 5.82 Å². The molecule has 0 saturated carbocycles. The number of anilines is 1. The summed E-state index contributed by atoms with van der Waals surface area (Å²) in [6.45, 7) is 0.576. The number of nitrogens with two attached hydrogens (primary N) is 1. The van der Waals surface area contributed by atoms with E-state index in [9.17, 15) is 4.57 Å². The molecule has 2 aliphatic rings. The number of fused-ring (bicyclic) bond motifs is 2. The van der Waals surface area contributed by atoms with Crippen molar-refractivity contribution in [3.63, 3.8) is 0 Å². The number of benzene rings is 1. The van der Waals surface area contributed by atoms with Crippen molar-refractivity contribution in [2.75, 3.05) is 12.3 Å². The Balaban J connectivity index is 1.30. The fraction of sp³-hybridized carbons (Fsp3) is 0.353. The highest BCUT2D eigenvalue weighted by Gasteiger charge is 2.47. The molecule has 28 heavy (non-hydrogen) atoms. The average Bonchev–Trinajstić information content (AvgIpc) is 3.31. The second-order valence-electron chi connectivity index (χ2n) is 6.71. The first-order chi connectivity index (χ1) is 13.6. The normalized spacial score (nSPS) is 29.8. The first kappa shape index (κ1) is 17.7. The van der Waals surface area contributed by atoms with Crippen molar-refractivity contribution in [3.05, 3.63) is 48.5 Å². The summed E-state index contributed by atoms with van der Waals surface area (Å²) in [4.78, 5) is 12.5. The molecule has 4 heterocycles. The van der Waals surface area contributed by atoms with Gasteiger partial charge in [0.25, 0.3) is 0 Å². The first-order valence-corrected chi connectivity index (χ1v) is 10.5. The van der Waals surface area contributed by atoms with Crippen LogP contribution in [-0.4, -0.2) is 38.3 Å². The van der Waals surface area contributed by atoms with Crippen LogP contribution in [0.5, 0.6) is 0 Å². The number of imidazole rings is 1. The Morgan fingerprint density at radius 1 is 1.21 bits per heavy atom. The summed E-state index contributed by atoms with van der Waals surface area (Å²) < 4.78 is 32.0. The van der Waals surface area contributed by atoms with Crippen LogP contribution in [0.25, 0.3) is 11.2 Å². The van der Waals surface area contributed by atoms with Gasteiger partial charge in [0, 0.05) is 13.0 Å². The Morgan fingerprint density at radius 3 is 2.93 bits per heavy atom. The third kappa shape index (κ3) is 3.19. The quantitative estimate of drug-likeness (QED) is 0.630. The SMILES string of the molecule is Nc1ncnc2c1ncn2[C@H]1C[C@@H]2OP(=O)(NCc3ccccc3)OC[C@H]2O1. The lowest BCUT2D eigenvalue weighted by molar-refractivity contribution is -0.0581. The van der Waals surface area contributed by atoms with Gasteiger partial charge >= 0.3 is 7.75 Å². The van der Waals surface area contributed by atoms with E-state index in [1.54, 1.807) is 10.9 Å². The number of nitrogens with one attached hydrogen (secondary N) is 1. The van der Waals surface area contributed by atoms with Crippen LogP contribution >= 0.6 is 7.75 Å². The van der Waals surface area contributed by atoms with Crippen LogP contribution in [0, 0.1) is 0 Å². The number of nitrogen functional groups attached to an aromatic ring is 1.